The molecule has 0 aromatic carbocycles. The first kappa shape index (κ1) is 12.6. The maximum atomic E-state index is 5.22. The van der Waals surface area contributed by atoms with Gasteiger partial charge in [0, 0.05) is 0 Å². The second kappa shape index (κ2) is 5.70. The molecule has 3 N–H and O–H groups in total. The van der Waals surface area contributed by atoms with E-state index >= 15 is 0 Å². The molecule has 0 radical (unpaired) electrons. The van der Waals surface area contributed by atoms with Gasteiger partial charge in [-0.25, -0.2) is 0 Å². The Morgan fingerprint density at radius 3 is 2.10 bits per heavy atom. The van der Waals surface area contributed by atoms with Crippen LogP contribution in [0.25, 0.3) is 0 Å². The first-order valence-electron chi connectivity index (χ1n) is 2.76. The van der Waals surface area contributed by atoms with Crippen LogP contribution in [0.2, 0.25) is 0 Å². The highest BCUT2D eigenvalue weighted by Gasteiger charge is 2.01. The van der Waals surface area contributed by atoms with Crippen LogP contribution in [0.4, 0.5) is 0 Å². The van der Waals surface area contributed by atoms with Gasteiger partial charge in [-0.2, -0.15) is 0 Å². The molecule has 0 rings (SSSR count). The molecular weight excluding hydrogens is 170 g/mol. The number of halogens is 1. The zero-order valence-corrected chi connectivity index (χ0v) is 8.05. The Balaban J connectivity index is 0. The van der Waals surface area contributed by atoms with E-state index in [0.29, 0.717) is 5.11 Å². The third kappa shape index (κ3) is 6.07. The van der Waals surface area contributed by atoms with Crippen molar-refractivity contribution in [3.8, 4) is 0 Å². The number of nitrogens with zero attached hydrogens (tertiary/aromatic N) is 1. The molecule has 5 heteroatoms. The van der Waals surface area contributed by atoms with Crippen molar-refractivity contribution in [2.75, 3.05) is 14.1 Å². The lowest BCUT2D eigenvalue weighted by Gasteiger charge is -2.20. The minimum atomic E-state index is 0. The second-order valence-electron chi connectivity index (χ2n) is 2.15. The lowest BCUT2D eigenvalue weighted by atomic mass is 10.5. The zero-order valence-electron chi connectivity index (χ0n) is 6.42. The molecule has 0 aromatic heterocycles. The molecule has 62 valence electrons. The van der Waals surface area contributed by atoms with Crippen LogP contribution < -0.4 is 11.1 Å². The van der Waals surface area contributed by atoms with E-state index in [0.717, 1.165) is 0 Å². The fourth-order valence-corrected chi connectivity index (χ4v) is 0.506. The molecule has 0 aromatic rings. The summed E-state index contributed by atoms with van der Waals surface area (Å²) >= 11 is 4.63. The standard InChI is InChI=1S/C5H13N3S.ClH/c1-4(8(2)3)7-5(6)9;/h4H,1-3H3,(H3,6,7,9);1H. The molecule has 3 nitrogen and oxygen atoms in total. The van der Waals surface area contributed by atoms with Crippen molar-refractivity contribution < 1.29 is 0 Å². The van der Waals surface area contributed by atoms with Gasteiger partial charge >= 0.3 is 0 Å². The number of rotatable bonds is 2. The Kier molecular flexibility index (Phi) is 7.19. The molecule has 0 aliphatic carbocycles. The van der Waals surface area contributed by atoms with Gasteiger partial charge in [0.25, 0.3) is 0 Å². The van der Waals surface area contributed by atoms with Crippen LogP contribution in [0.15, 0.2) is 0 Å². The second-order valence-corrected chi connectivity index (χ2v) is 2.59. The summed E-state index contributed by atoms with van der Waals surface area (Å²) in [5.41, 5.74) is 5.22. The highest BCUT2D eigenvalue weighted by molar-refractivity contribution is 7.80. The van der Waals surface area contributed by atoms with Crippen molar-refractivity contribution in [3.63, 3.8) is 0 Å². The van der Waals surface area contributed by atoms with Crippen LogP contribution >= 0.6 is 24.6 Å². The average molecular weight is 184 g/mol. The van der Waals surface area contributed by atoms with Gasteiger partial charge < -0.3 is 11.1 Å². The van der Waals surface area contributed by atoms with Gasteiger partial charge in [-0.05, 0) is 33.2 Å². The van der Waals surface area contributed by atoms with E-state index in [1.54, 1.807) is 0 Å². The Labute approximate surface area is 73.4 Å². The minimum Gasteiger partial charge on any atom is -0.376 e. The third-order valence-corrected chi connectivity index (χ3v) is 1.24. The molecule has 1 unspecified atom stereocenters. The highest BCUT2D eigenvalue weighted by Crippen LogP contribution is 1.83. The third-order valence-electron chi connectivity index (χ3n) is 1.13. The number of hydrogen-bond donors (Lipinski definition) is 2. The molecule has 0 fully saturated rings. The maximum absolute atomic E-state index is 5.22. The van der Waals surface area contributed by atoms with Crippen LogP contribution in [0.5, 0.6) is 0 Å². The van der Waals surface area contributed by atoms with Crippen molar-refractivity contribution in [1.29, 1.82) is 0 Å². The summed E-state index contributed by atoms with van der Waals surface area (Å²) in [6.07, 6.45) is 0.211. The molecule has 0 aliphatic rings. The number of thiocarbonyl (C=S) groups is 1. The highest BCUT2D eigenvalue weighted by atomic mass is 35.5. The monoisotopic (exact) mass is 183 g/mol. The van der Waals surface area contributed by atoms with Crippen molar-refractivity contribution in [3.05, 3.63) is 0 Å². The van der Waals surface area contributed by atoms with Gasteiger partial charge in [0.1, 0.15) is 0 Å². The van der Waals surface area contributed by atoms with Crippen LogP contribution in [-0.2, 0) is 0 Å². The topological polar surface area (TPSA) is 41.3 Å². The van der Waals surface area contributed by atoms with E-state index in [-0.39, 0.29) is 18.6 Å². The van der Waals surface area contributed by atoms with Crippen LogP contribution in [-0.4, -0.2) is 30.3 Å². The van der Waals surface area contributed by atoms with Crippen LogP contribution in [0, 0.1) is 0 Å². The normalized spacial score (nSPS) is 12.0. The van der Waals surface area contributed by atoms with E-state index in [9.17, 15) is 0 Å². The molecule has 0 spiro atoms. The Morgan fingerprint density at radius 2 is 2.00 bits per heavy atom. The van der Waals surface area contributed by atoms with Gasteiger partial charge in [-0.3, -0.25) is 4.90 Å². The quantitative estimate of drug-likeness (QED) is 0.473. The molecule has 0 heterocycles. The van der Waals surface area contributed by atoms with Gasteiger partial charge in [-0.15, -0.1) is 12.4 Å². The molecule has 1 atom stereocenters. The number of nitrogens with two attached hydrogens (primary N) is 1. The zero-order chi connectivity index (χ0) is 7.44. The van der Waals surface area contributed by atoms with Crippen LogP contribution in [0.1, 0.15) is 6.92 Å². The van der Waals surface area contributed by atoms with Crippen molar-refractivity contribution in [2.45, 2.75) is 13.1 Å². The van der Waals surface area contributed by atoms with Gasteiger partial charge in [-0.1, -0.05) is 0 Å². The van der Waals surface area contributed by atoms with Crippen molar-refractivity contribution in [1.82, 2.24) is 10.2 Å². The van der Waals surface area contributed by atoms with E-state index in [2.05, 4.69) is 17.5 Å². The van der Waals surface area contributed by atoms with Gasteiger partial charge in [0.2, 0.25) is 0 Å². The van der Waals surface area contributed by atoms with Gasteiger partial charge in [0.15, 0.2) is 5.11 Å². The number of hydrogen-bond acceptors (Lipinski definition) is 2. The predicted molar refractivity (Wildman–Crippen MR) is 50.3 cm³/mol. The lowest BCUT2D eigenvalue weighted by molar-refractivity contribution is 0.297. The van der Waals surface area contributed by atoms with E-state index < -0.39 is 0 Å². The fourth-order valence-electron chi connectivity index (χ4n) is 0.335. The summed E-state index contributed by atoms with van der Waals surface area (Å²) in [6, 6.07) is 0. The first-order valence-corrected chi connectivity index (χ1v) is 3.17. The maximum Gasteiger partial charge on any atom is 0.164 e. The minimum absolute atomic E-state index is 0. The predicted octanol–water partition coefficient (Wildman–Crippen LogP) is 0.149. The smallest absolute Gasteiger partial charge is 0.164 e. The Hall–Kier alpha value is -0.0600. The summed E-state index contributed by atoms with van der Waals surface area (Å²) in [4.78, 5) is 1.99. The van der Waals surface area contributed by atoms with E-state index in [1.165, 1.54) is 0 Å². The average Bonchev–Trinajstić information content (AvgIpc) is 1.63. The summed E-state index contributed by atoms with van der Waals surface area (Å²) in [5.74, 6) is 0. The fraction of sp³-hybridized carbons (Fsp3) is 0.800. The molecule has 0 amide bonds. The summed E-state index contributed by atoms with van der Waals surface area (Å²) in [7, 11) is 3.91. The molecule has 10 heavy (non-hydrogen) atoms. The summed E-state index contributed by atoms with van der Waals surface area (Å²) in [5, 5.41) is 3.22. The van der Waals surface area contributed by atoms with Crippen molar-refractivity contribution in [2.24, 2.45) is 5.73 Å². The molecule has 0 aliphatic heterocycles. The SMILES string of the molecule is CC(NC(N)=S)N(C)C.Cl. The Bertz CT molecular complexity index is 107. The van der Waals surface area contributed by atoms with Gasteiger partial charge in [0.05, 0.1) is 6.17 Å². The van der Waals surface area contributed by atoms with E-state index in [1.807, 2.05) is 25.9 Å². The largest absolute Gasteiger partial charge is 0.376 e. The molecular formula is C5H14ClN3S. The first-order chi connectivity index (χ1) is 4.04. The molecule has 0 saturated carbocycles. The molecule has 0 saturated heterocycles. The summed E-state index contributed by atoms with van der Waals surface area (Å²) in [6.45, 7) is 1.99. The van der Waals surface area contributed by atoms with Crippen molar-refractivity contribution >= 4 is 29.7 Å². The summed E-state index contributed by atoms with van der Waals surface area (Å²) < 4.78 is 0. The van der Waals surface area contributed by atoms with Crippen LogP contribution in [0.3, 0.4) is 0 Å². The lowest BCUT2D eigenvalue weighted by Crippen LogP contribution is -2.44. The molecule has 0 bridgehead atoms. The van der Waals surface area contributed by atoms with E-state index in [4.69, 9.17) is 5.73 Å². The number of nitrogens with one attached hydrogen (secondary N) is 1. The Morgan fingerprint density at radius 1 is 1.60 bits per heavy atom.